The fourth-order valence-electron chi connectivity index (χ4n) is 5.35. The molecule has 2 amide bonds. The summed E-state index contributed by atoms with van der Waals surface area (Å²) in [6, 6.07) is 12.4. The third kappa shape index (κ3) is 3.10. The summed E-state index contributed by atoms with van der Waals surface area (Å²) < 4.78 is 6.10. The summed E-state index contributed by atoms with van der Waals surface area (Å²) in [5.74, 6) is -0.841. The molecule has 2 aromatic carbocycles. The molecule has 37 heavy (non-hydrogen) atoms. The standard InChI is InChI=1S/C28H24N4O4S/c1-5-12-31-19-9-7-6-8-18(19)28(26(31)35)22-23(33)17-14-16(4)10-11-20(17)36-24(22)25(34)32(28)27-30-29-21(37-27)13-15(2)3/h5-11,14-15H,1,12-13H2,2-4H3. The molecular formula is C28H24N4O4S. The quantitative estimate of drug-likeness (QED) is 0.363. The second-order valence-electron chi connectivity index (χ2n) is 9.78. The molecule has 8 nitrogen and oxygen atoms in total. The van der Waals surface area contributed by atoms with Gasteiger partial charge in [-0.3, -0.25) is 19.3 Å². The third-order valence-corrected chi connectivity index (χ3v) is 7.75. The molecule has 6 rings (SSSR count). The van der Waals surface area contributed by atoms with Crippen molar-refractivity contribution in [2.45, 2.75) is 32.7 Å². The van der Waals surface area contributed by atoms with Crippen LogP contribution in [0.4, 0.5) is 10.8 Å². The molecule has 0 saturated carbocycles. The van der Waals surface area contributed by atoms with Gasteiger partial charge in [-0.05, 0) is 31.0 Å². The molecule has 0 fully saturated rings. The topological polar surface area (TPSA) is 96.6 Å². The van der Waals surface area contributed by atoms with Crippen LogP contribution in [0.2, 0.25) is 0 Å². The van der Waals surface area contributed by atoms with Gasteiger partial charge < -0.3 is 9.32 Å². The van der Waals surface area contributed by atoms with E-state index in [1.807, 2.05) is 25.1 Å². The van der Waals surface area contributed by atoms with Crippen LogP contribution >= 0.6 is 11.3 Å². The van der Waals surface area contributed by atoms with Crippen molar-refractivity contribution >= 4 is 44.9 Å². The van der Waals surface area contributed by atoms with Gasteiger partial charge in [-0.2, -0.15) is 0 Å². The van der Waals surface area contributed by atoms with Crippen LogP contribution < -0.4 is 15.2 Å². The highest BCUT2D eigenvalue weighted by atomic mass is 32.1. The number of aryl methyl sites for hydroxylation is 1. The van der Waals surface area contributed by atoms with Crippen molar-refractivity contribution in [2.24, 2.45) is 5.92 Å². The molecule has 1 unspecified atom stereocenters. The zero-order chi connectivity index (χ0) is 26.1. The predicted octanol–water partition coefficient (Wildman–Crippen LogP) is 4.59. The highest BCUT2D eigenvalue weighted by Gasteiger charge is 2.66. The van der Waals surface area contributed by atoms with Gasteiger partial charge in [0.15, 0.2) is 11.0 Å². The Hall–Kier alpha value is -4.11. The van der Waals surface area contributed by atoms with Crippen LogP contribution in [0.15, 0.2) is 64.3 Å². The van der Waals surface area contributed by atoms with E-state index in [4.69, 9.17) is 4.42 Å². The lowest BCUT2D eigenvalue weighted by Crippen LogP contribution is -2.53. The Kier molecular flexibility index (Phi) is 5.17. The van der Waals surface area contributed by atoms with E-state index in [1.54, 1.807) is 35.2 Å². The first-order valence-electron chi connectivity index (χ1n) is 12.1. The van der Waals surface area contributed by atoms with E-state index in [-0.39, 0.29) is 23.0 Å². The van der Waals surface area contributed by atoms with Crippen molar-refractivity contribution in [2.75, 3.05) is 16.3 Å². The molecule has 1 atom stereocenters. The van der Waals surface area contributed by atoms with E-state index in [0.717, 1.165) is 10.6 Å². The second-order valence-corrected chi connectivity index (χ2v) is 10.8. The van der Waals surface area contributed by atoms with Crippen LogP contribution in [0, 0.1) is 12.8 Å². The number of para-hydroxylation sites is 1. The minimum Gasteiger partial charge on any atom is -0.450 e. The summed E-state index contributed by atoms with van der Waals surface area (Å²) in [5.41, 5.74) is 0.122. The van der Waals surface area contributed by atoms with Crippen LogP contribution in [0.25, 0.3) is 11.0 Å². The molecule has 4 heterocycles. The van der Waals surface area contributed by atoms with E-state index in [2.05, 4.69) is 30.6 Å². The fourth-order valence-corrected chi connectivity index (χ4v) is 6.46. The van der Waals surface area contributed by atoms with Gasteiger partial charge in [0.05, 0.1) is 16.6 Å². The zero-order valence-corrected chi connectivity index (χ0v) is 21.5. The Morgan fingerprint density at radius 2 is 1.92 bits per heavy atom. The van der Waals surface area contributed by atoms with Crippen LogP contribution in [0.1, 0.15) is 46.1 Å². The normalized spacial score (nSPS) is 18.4. The molecule has 0 N–H and O–H groups in total. The maximum absolute atomic E-state index is 14.5. The minimum atomic E-state index is -1.76. The number of carbonyl (C=O) groups is 2. The molecular weight excluding hydrogens is 488 g/mol. The number of anilines is 2. The summed E-state index contributed by atoms with van der Waals surface area (Å²) >= 11 is 1.25. The SMILES string of the molecule is C=CCN1C(=O)C2(c3ccccc31)c1c(oc3ccc(C)cc3c1=O)C(=O)N2c1nnc(CC(C)C)s1. The molecule has 0 aliphatic carbocycles. The van der Waals surface area contributed by atoms with E-state index in [1.165, 1.54) is 16.2 Å². The van der Waals surface area contributed by atoms with Crippen molar-refractivity contribution in [3.63, 3.8) is 0 Å². The number of hydrogen-bond donors (Lipinski definition) is 0. The molecule has 2 aromatic heterocycles. The van der Waals surface area contributed by atoms with E-state index >= 15 is 0 Å². The van der Waals surface area contributed by atoms with Gasteiger partial charge >= 0.3 is 0 Å². The van der Waals surface area contributed by atoms with Gasteiger partial charge in [0.25, 0.3) is 11.8 Å². The molecule has 4 aromatic rings. The van der Waals surface area contributed by atoms with Gasteiger partial charge in [-0.15, -0.1) is 16.8 Å². The number of carbonyl (C=O) groups excluding carboxylic acids is 2. The molecule has 1 spiro atoms. The lowest BCUT2D eigenvalue weighted by atomic mass is 9.84. The van der Waals surface area contributed by atoms with E-state index < -0.39 is 22.8 Å². The molecule has 0 bridgehead atoms. The van der Waals surface area contributed by atoms with Crippen LogP contribution in [0.3, 0.4) is 0 Å². The van der Waals surface area contributed by atoms with Gasteiger partial charge in [0, 0.05) is 18.5 Å². The van der Waals surface area contributed by atoms with Crippen LogP contribution in [-0.4, -0.2) is 28.6 Å². The number of benzene rings is 2. The lowest BCUT2D eigenvalue weighted by Gasteiger charge is -2.31. The van der Waals surface area contributed by atoms with Gasteiger partial charge in [0.1, 0.15) is 10.6 Å². The summed E-state index contributed by atoms with van der Waals surface area (Å²) in [4.78, 5) is 45.6. The monoisotopic (exact) mass is 512 g/mol. The van der Waals surface area contributed by atoms with Crippen LogP contribution in [0.5, 0.6) is 0 Å². The molecule has 2 aliphatic rings. The van der Waals surface area contributed by atoms with E-state index in [0.29, 0.717) is 34.6 Å². The number of nitrogens with zero attached hydrogens (tertiary/aromatic N) is 4. The smallest absolute Gasteiger partial charge is 0.297 e. The molecule has 0 radical (unpaired) electrons. The lowest BCUT2D eigenvalue weighted by molar-refractivity contribution is -0.121. The molecule has 2 aliphatic heterocycles. The molecule has 186 valence electrons. The second kappa shape index (κ2) is 8.21. The molecule has 0 saturated heterocycles. The Balaban J connectivity index is 1.72. The van der Waals surface area contributed by atoms with Gasteiger partial charge in [-0.1, -0.05) is 61.1 Å². The first-order valence-corrected chi connectivity index (χ1v) is 12.9. The maximum atomic E-state index is 14.5. The number of aromatic nitrogens is 2. The number of fused-ring (bicyclic) bond motifs is 5. The van der Waals surface area contributed by atoms with Crippen LogP contribution in [-0.2, 0) is 16.8 Å². The first-order chi connectivity index (χ1) is 17.8. The largest absolute Gasteiger partial charge is 0.450 e. The number of hydrogen-bond acceptors (Lipinski definition) is 7. The fraction of sp³-hybridized carbons (Fsp3) is 0.250. The summed E-state index contributed by atoms with van der Waals surface area (Å²) in [6.07, 6.45) is 2.29. The van der Waals surface area contributed by atoms with Crippen molar-refractivity contribution in [1.29, 1.82) is 0 Å². The Bertz CT molecular complexity index is 1690. The third-order valence-electron chi connectivity index (χ3n) is 6.82. The minimum absolute atomic E-state index is 0.0141. The summed E-state index contributed by atoms with van der Waals surface area (Å²) in [5, 5.41) is 9.94. The molecule has 9 heteroatoms. The zero-order valence-electron chi connectivity index (χ0n) is 20.6. The number of amides is 2. The average molecular weight is 513 g/mol. The number of rotatable bonds is 5. The van der Waals surface area contributed by atoms with Gasteiger partial charge in [-0.25, -0.2) is 0 Å². The summed E-state index contributed by atoms with van der Waals surface area (Å²) in [6.45, 7) is 10.0. The van der Waals surface area contributed by atoms with E-state index in [9.17, 15) is 14.4 Å². The van der Waals surface area contributed by atoms with Crippen molar-refractivity contribution in [3.8, 4) is 0 Å². The maximum Gasteiger partial charge on any atom is 0.297 e. The Morgan fingerprint density at radius 1 is 1.14 bits per heavy atom. The van der Waals surface area contributed by atoms with Gasteiger partial charge in [0.2, 0.25) is 10.9 Å². The highest BCUT2D eigenvalue weighted by molar-refractivity contribution is 7.15. The summed E-state index contributed by atoms with van der Waals surface area (Å²) in [7, 11) is 0. The average Bonchev–Trinajstić information content (AvgIpc) is 3.49. The highest BCUT2D eigenvalue weighted by Crippen LogP contribution is 2.54. The Morgan fingerprint density at radius 3 is 2.68 bits per heavy atom. The van der Waals surface area contributed by atoms with Crippen molar-refractivity contribution in [3.05, 3.63) is 92.8 Å². The Labute approximate surface area is 216 Å². The first kappa shape index (κ1) is 23.3. The van der Waals surface area contributed by atoms with Crippen molar-refractivity contribution < 1.29 is 14.0 Å². The van der Waals surface area contributed by atoms with Crippen molar-refractivity contribution in [1.82, 2.24) is 10.2 Å². The predicted molar refractivity (Wildman–Crippen MR) is 142 cm³/mol.